The molecule has 0 amide bonds. The van der Waals surface area contributed by atoms with Gasteiger partial charge in [0.2, 0.25) is 0 Å². The predicted octanol–water partition coefficient (Wildman–Crippen LogP) is 1.59. The minimum atomic E-state index is -0.840. The van der Waals surface area contributed by atoms with E-state index < -0.39 is 5.97 Å². The monoisotopic (exact) mass is 207 g/mol. The molecular weight excluding hydrogens is 190 g/mol. The van der Waals surface area contributed by atoms with E-state index in [0.29, 0.717) is 6.42 Å². The van der Waals surface area contributed by atoms with Gasteiger partial charge in [-0.1, -0.05) is 31.2 Å². The number of hydrogen-bond donors (Lipinski definition) is 2. The molecule has 1 atom stereocenters. The molecule has 82 valence electrons. The second kappa shape index (κ2) is 5.51. The molecule has 0 saturated heterocycles. The van der Waals surface area contributed by atoms with Gasteiger partial charge in [0.15, 0.2) is 0 Å². The van der Waals surface area contributed by atoms with E-state index in [-0.39, 0.29) is 12.5 Å². The van der Waals surface area contributed by atoms with Crippen LogP contribution in [0.25, 0.3) is 0 Å². The Morgan fingerprint density at radius 2 is 1.87 bits per heavy atom. The minimum absolute atomic E-state index is 0.0233. The average Bonchev–Trinajstić information content (AvgIpc) is 2.17. The number of aryl methyl sites for hydroxylation is 1. The van der Waals surface area contributed by atoms with Gasteiger partial charge in [-0.15, -0.1) is 0 Å². The molecule has 0 aromatic heterocycles. The van der Waals surface area contributed by atoms with E-state index in [2.05, 4.69) is 19.1 Å². The lowest BCUT2D eigenvalue weighted by Gasteiger charge is -2.09. The fourth-order valence-electron chi connectivity index (χ4n) is 1.51. The summed E-state index contributed by atoms with van der Waals surface area (Å²) in [5.41, 5.74) is 8.08. The Morgan fingerprint density at radius 1 is 1.33 bits per heavy atom. The zero-order chi connectivity index (χ0) is 11.3. The quantitative estimate of drug-likeness (QED) is 0.770. The maximum Gasteiger partial charge on any atom is 0.304 e. The Kier molecular flexibility index (Phi) is 4.31. The Bertz CT molecular complexity index is 319. The van der Waals surface area contributed by atoms with Gasteiger partial charge in [-0.2, -0.15) is 0 Å². The molecule has 0 fully saturated rings. The highest BCUT2D eigenvalue weighted by Crippen LogP contribution is 2.08. The molecule has 3 heteroatoms. The van der Waals surface area contributed by atoms with E-state index in [1.165, 1.54) is 5.56 Å². The van der Waals surface area contributed by atoms with E-state index in [1.54, 1.807) is 0 Å². The number of rotatable bonds is 5. The molecule has 3 N–H and O–H groups in total. The molecule has 0 bridgehead atoms. The van der Waals surface area contributed by atoms with Gasteiger partial charge in [0.05, 0.1) is 6.42 Å². The van der Waals surface area contributed by atoms with Crippen LogP contribution in [0, 0.1) is 0 Å². The highest BCUT2D eigenvalue weighted by Gasteiger charge is 2.08. The average molecular weight is 207 g/mol. The summed E-state index contributed by atoms with van der Waals surface area (Å²) >= 11 is 0. The fraction of sp³-hybridized carbons (Fsp3) is 0.417. The first-order chi connectivity index (χ1) is 7.11. The first-order valence-electron chi connectivity index (χ1n) is 5.17. The summed E-state index contributed by atoms with van der Waals surface area (Å²) in [4.78, 5) is 10.4. The lowest BCUT2D eigenvalue weighted by Crippen LogP contribution is -2.26. The summed E-state index contributed by atoms with van der Waals surface area (Å²) in [6.45, 7) is 2.10. The Hall–Kier alpha value is -1.35. The lowest BCUT2D eigenvalue weighted by molar-refractivity contribution is -0.137. The van der Waals surface area contributed by atoms with Crippen LogP contribution in [0.3, 0.4) is 0 Å². The standard InChI is InChI=1S/C12H17NO2/c1-2-9-3-5-10(6-4-9)7-11(13)8-12(14)15/h3-6,11H,2,7-8,13H2,1H3,(H,14,15)/t11-/m1/s1. The van der Waals surface area contributed by atoms with Crippen LogP contribution in [-0.2, 0) is 17.6 Å². The smallest absolute Gasteiger partial charge is 0.304 e. The summed E-state index contributed by atoms with van der Waals surface area (Å²) < 4.78 is 0. The third-order valence-electron chi connectivity index (χ3n) is 2.37. The zero-order valence-corrected chi connectivity index (χ0v) is 8.94. The van der Waals surface area contributed by atoms with Crippen molar-refractivity contribution in [3.63, 3.8) is 0 Å². The minimum Gasteiger partial charge on any atom is -0.481 e. The Morgan fingerprint density at radius 3 is 2.33 bits per heavy atom. The number of carbonyl (C=O) groups is 1. The summed E-state index contributed by atoms with van der Waals surface area (Å²) in [7, 11) is 0. The van der Waals surface area contributed by atoms with Gasteiger partial charge in [0.1, 0.15) is 0 Å². The van der Waals surface area contributed by atoms with Crippen molar-refractivity contribution in [2.45, 2.75) is 32.2 Å². The molecule has 15 heavy (non-hydrogen) atoms. The van der Waals surface area contributed by atoms with Crippen molar-refractivity contribution >= 4 is 5.97 Å². The molecular formula is C12H17NO2. The lowest BCUT2D eigenvalue weighted by atomic mass is 10.0. The summed E-state index contributed by atoms with van der Waals surface area (Å²) in [6, 6.07) is 7.85. The molecule has 0 radical (unpaired) electrons. The van der Waals surface area contributed by atoms with E-state index >= 15 is 0 Å². The van der Waals surface area contributed by atoms with Gasteiger partial charge in [0.25, 0.3) is 0 Å². The third kappa shape index (κ3) is 4.13. The maximum atomic E-state index is 10.4. The molecule has 0 spiro atoms. The van der Waals surface area contributed by atoms with Crippen LogP contribution in [0.15, 0.2) is 24.3 Å². The Labute approximate surface area is 89.9 Å². The molecule has 1 aromatic carbocycles. The van der Waals surface area contributed by atoms with Gasteiger partial charge in [0, 0.05) is 6.04 Å². The molecule has 0 aliphatic rings. The second-order valence-corrected chi connectivity index (χ2v) is 3.73. The zero-order valence-electron chi connectivity index (χ0n) is 8.94. The number of benzene rings is 1. The van der Waals surface area contributed by atoms with Gasteiger partial charge in [-0.3, -0.25) is 4.79 Å². The van der Waals surface area contributed by atoms with Crippen LogP contribution in [0.1, 0.15) is 24.5 Å². The van der Waals surface area contributed by atoms with Gasteiger partial charge in [-0.25, -0.2) is 0 Å². The van der Waals surface area contributed by atoms with Crippen molar-refractivity contribution in [2.75, 3.05) is 0 Å². The van der Waals surface area contributed by atoms with Crippen LogP contribution in [-0.4, -0.2) is 17.1 Å². The SMILES string of the molecule is CCc1ccc(C[C@@H](N)CC(=O)O)cc1. The number of nitrogens with two attached hydrogens (primary N) is 1. The molecule has 0 saturated carbocycles. The molecule has 1 rings (SSSR count). The normalized spacial score (nSPS) is 12.4. The van der Waals surface area contributed by atoms with Crippen molar-refractivity contribution < 1.29 is 9.90 Å². The van der Waals surface area contributed by atoms with Gasteiger partial charge in [-0.05, 0) is 24.0 Å². The first kappa shape index (κ1) is 11.7. The Balaban J connectivity index is 2.53. The van der Waals surface area contributed by atoms with Gasteiger partial charge >= 0.3 is 5.97 Å². The molecule has 0 unspecified atom stereocenters. The molecule has 0 aliphatic carbocycles. The predicted molar refractivity (Wildman–Crippen MR) is 59.8 cm³/mol. The van der Waals surface area contributed by atoms with E-state index in [1.807, 2.05) is 12.1 Å². The van der Waals surface area contributed by atoms with Crippen molar-refractivity contribution in [2.24, 2.45) is 5.73 Å². The first-order valence-corrected chi connectivity index (χ1v) is 5.17. The second-order valence-electron chi connectivity index (χ2n) is 3.73. The maximum absolute atomic E-state index is 10.4. The largest absolute Gasteiger partial charge is 0.481 e. The van der Waals surface area contributed by atoms with E-state index in [0.717, 1.165) is 12.0 Å². The topological polar surface area (TPSA) is 63.3 Å². The number of hydrogen-bond acceptors (Lipinski definition) is 2. The summed E-state index contributed by atoms with van der Waals surface area (Å²) in [5, 5.41) is 8.56. The van der Waals surface area contributed by atoms with Crippen molar-refractivity contribution in [3.05, 3.63) is 35.4 Å². The van der Waals surface area contributed by atoms with Crippen LogP contribution in [0.4, 0.5) is 0 Å². The highest BCUT2D eigenvalue weighted by atomic mass is 16.4. The third-order valence-corrected chi connectivity index (χ3v) is 2.37. The van der Waals surface area contributed by atoms with Crippen molar-refractivity contribution in [3.8, 4) is 0 Å². The number of carboxylic acids is 1. The van der Waals surface area contributed by atoms with Crippen molar-refractivity contribution in [1.29, 1.82) is 0 Å². The van der Waals surface area contributed by atoms with Gasteiger partial charge < -0.3 is 10.8 Å². The number of carboxylic acid groups (broad SMARTS) is 1. The molecule has 0 aliphatic heterocycles. The van der Waals surface area contributed by atoms with Crippen molar-refractivity contribution in [1.82, 2.24) is 0 Å². The fourth-order valence-corrected chi connectivity index (χ4v) is 1.51. The molecule has 3 nitrogen and oxygen atoms in total. The number of aliphatic carboxylic acids is 1. The van der Waals surface area contributed by atoms with Crippen LogP contribution < -0.4 is 5.73 Å². The van der Waals surface area contributed by atoms with E-state index in [9.17, 15) is 4.79 Å². The van der Waals surface area contributed by atoms with E-state index in [4.69, 9.17) is 10.8 Å². The van der Waals surface area contributed by atoms with Crippen LogP contribution in [0.5, 0.6) is 0 Å². The molecule has 0 heterocycles. The highest BCUT2D eigenvalue weighted by molar-refractivity contribution is 5.67. The summed E-state index contributed by atoms with van der Waals surface area (Å²) in [6.07, 6.45) is 1.66. The summed E-state index contributed by atoms with van der Waals surface area (Å²) in [5.74, 6) is -0.840. The molecule has 1 aromatic rings. The van der Waals surface area contributed by atoms with Crippen LogP contribution in [0.2, 0.25) is 0 Å². The van der Waals surface area contributed by atoms with Crippen LogP contribution >= 0.6 is 0 Å².